The fourth-order valence-corrected chi connectivity index (χ4v) is 5.25. The number of benzene rings is 1. The summed E-state index contributed by atoms with van der Waals surface area (Å²) in [5.74, 6) is -0.0362. The van der Waals surface area contributed by atoms with Crippen molar-refractivity contribution in [1.82, 2.24) is 10.6 Å². The predicted octanol–water partition coefficient (Wildman–Crippen LogP) is 3.29. The van der Waals surface area contributed by atoms with Crippen molar-refractivity contribution in [3.8, 4) is 0 Å². The third kappa shape index (κ3) is 7.01. The van der Waals surface area contributed by atoms with Crippen LogP contribution in [0.15, 0.2) is 30.3 Å². The van der Waals surface area contributed by atoms with Crippen LogP contribution in [0.25, 0.3) is 0 Å². The first-order valence-corrected chi connectivity index (χ1v) is 12.0. The zero-order valence-electron chi connectivity index (χ0n) is 19.5. The van der Waals surface area contributed by atoms with Gasteiger partial charge in [0.2, 0.25) is 0 Å². The minimum atomic E-state index is -1.34. The maximum Gasteiger partial charge on any atom is 0.507 e. The number of fused-ring (bicyclic) bond motifs is 1. The molecular formula is C25H36N2O6. The standard InChI is InChI=1S/C25H36N2O6/c1-3-32-24(29)20(14-13-17-9-5-4-6-10-17)26-16(2)23(28)22-19-12-8-7-11-18(19)15-21(27-22)33-25(30)31/h4-6,9-10,16,18-22,26-27H,3,7-8,11-15H2,1-2H3,(H,30,31)/t16-,18?,19-,20-,21-,22-/m0/s1. The van der Waals surface area contributed by atoms with Crippen molar-refractivity contribution in [3.63, 3.8) is 0 Å². The Labute approximate surface area is 195 Å². The number of ether oxygens (including phenoxy) is 2. The quantitative estimate of drug-likeness (QED) is 0.456. The van der Waals surface area contributed by atoms with Gasteiger partial charge in [0, 0.05) is 6.42 Å². The van der Waals surface area contributed by atoms with Crippen molar-refractivity contribution in [3.05, 3.63) is 35.9 Å². The van der Waals surface area contributed by atoms with Gasteiger partial charge < -0.3 is 14.6 Å². The Morgan fingerprint density at radius 3 is 2.61 bits per heavy atom. The summed E-state index contributed by atoms with van der Waals surface area (Å²) in [6.45, 7) is 3.80. The van der Waals surface area contributed by atoms with Crippen LogP contribution < -0.4 is 10.6 Å². The zero-order chi connectivity index (χ0) is 23.8. The topological polar surface area (TPSA) is 114 Å². The highest BCUT2D eigenvalue weighted by Crippen LogP contribution is 2.39. The van der Waals surface area contributed by atoms with E-state index in [0.29, 0.717) is 19.3 Å². The van der Waals surface area contributed by atoms with E-state index in [0.717, 1.165) is 31.2 Å². The van der Waals surface area contributed by atoms with E-state index in [1.807, 2.05) is 30.3 Å². The molecule has 2 aliphatic rings. The summed E-state index contributed by atoms with van der Waals surface area (Å²) in [5, 5.41) is 15.4. The van der Waals surface area contributed by atoms with Crippen molar-refractivity contribution in [2.24, 2.45) is 11.8 Å². The highest BCUT2D eigenvalue weighted by atomic mass is 16.7. The van der Waals surface area contributed by atoms with Crippen molar-refractivity contribution >= 4 is 17.9 Å². The van der Waals surface area contributed by atoms with E-state index in [4.69, 9.17) is 14.6 Å². The Balaban J connectivity index is 1.68. The summed E-state index contributed by atoms with van der Waals surface area (Å²) < 4.78 is 10.2. The number of carboxylic acid groups (broad SMARTS) is 1. The molecule has 6 atom stereocenters. The van der Waals surface area contributed by atoms with Crippen LogP contribution in [0, 0.1) is 11.8 Å². The Hall–Kier alpha value is -2.45. The predicted molar refractivity (Wildman–Crippen MR) is 123 cm³/mol. The van der Waals surface area contributed by atoms with E-state index >= 15 is 0 Å². The maximum atomic E-state index is 13.5. The molecule has 2 fully saturated rings. The summed E-state index contributed by atoms with van der Waals surface area (Å²) in [6.07, 6.45) is 3.78. The molecule has 1 aliphatic carbocycles. The Kier molecular flexibility index (Phi) is 9.26. The van der Waals surface area contributed by atoms with E-state index in [1.165, 1.54) is 0 Å². The van der Waals surface area contributed by atoms with Gasteiger partial charge in [-0.3, -0.25) is 20.2 Å². The van der Waals surface area contributed by atoms with E-state index in [1.54, 1.807) is 13.8 Å². The lowest BCUT2D eigenvalue weighted by Gasteiger charge is -2.44. The number of carbonyl (C=O) groups is 3. The first-order valence-electron chi connectivity index (χ1n) is 12.0. The molecule has 182 valence electrons. The van der Waals surface area contributed by atoms with Gasteiger partial charge >= 0.3 is 12.1 Å². The van der Waals surface area contributed by atoms with Gasteiger partial charge in [0.15, 0.2) is 12.0 Å². The van der Waals surface area contributed by atoms with E-state index in [2.05, 4.69) is 10.6 Å². The van der Waals surface area contributed by atoms with E-state index < -0.39 is 30.5 Å². The Morgan fingerprint density at radius 2 is 1.91 bits per heavy atom. The molecule has 1 unspecified atom stereocenters. The van der Waals surface area contributed by atoms with E-state index in [9.17, 15) is 14.4 Å². The van der Waals surface area contributed by atoms with Gasteiger partial charge in [0.25, 0.3) is 0 Å². The summed E-state index contributed by atoms with van der Waals surface area (Å²) in [4.78, 5) is 37.2. The Morgan fingerprint density at radius 1 is 1.18 bits per heavy atom. The average Bonchev–Trinajstić information content (AvgIpc) is 2.81. The van der Waals surface area contributed by atoms with Gasteiger partial charge in [-0.05, 0) is 56.9 Å². The van der Waals surface area contributed by atoms with Crippen LogP contribution in [-0.4, -0.2) is 54.0 Å². The fraction of sp³-hybridized carbons (Fsp3) is 0.640. The van der Waals surface area contributed by atoms with Gasteiger partial charge in [0.1, 0.15) is 6.04 Å². The maximum absolute atomic E-state index is 13.5. The molecule has 3 rings (SSSR count). The second-order valence-electron chi connectivity index (χ2n) is 9.08. The molecule has 0 aromatic heterocycles. The second kappa shape index (κ2) is 12.1. The molecule has 8 nitrogen and oxygen atoms in total. The number of carbonyl (C=O) groups excluding carboxylic acids is 2. The lowest BCUT2D eigenvalue weighted by Crippen LogP contribution is -2.61. The van der Waals surface area contributed by atoms with Crippen LogP contribution in [0.2, 0.25) is 0 Å². The summed E-state index contributed by atoms with van der Waals surface area (Å²) >= 11 is 0. The third-order valence-corrected chi connectivity index (χ3v) is 6.84. The molecule has 33 heavy (non-hydrogen) atoms. The van der Waals surface area contributed by atoms with Crippen molar-refractivity contribution in [2.45, 2.75) is 83.1 Å². The van der Waals surface area contributed by atoms with Gasteiger partial charge in [-0.15, -0.1) is 0 Å². The number of rotatable bonds is 10. The molecule has 0 spiro atoms. The van der Waals surface area contributed by atoms with Gasteiger partial charge in [-0.1, -0.05) is 43.2 Å². The first kappa shape index (κ1) is 25.2. The highest BCUT2D eigenvalue weighted by molar-refractivity contribution is 5.90. The lowest BCUT2D eigenvalue weighted by atomic mass is 9.69. The van der Waals surface area contributed by atoms with Crippen LogP contribution in [0.1, 0.15) is 57.9 Å². The highest BCUT2D eigenvalue weighted by Gasteiger charge is 2.44. The number of esters is 1. The monoisotopic (exact) mass is 460 g/mol. The van der Waals surface area contributed by atoms with Crippen LogP contribution in [0.3, 0.4) is 0 Å². The SMILES string of the molecule is CCOC(=O)[C@H](CCc1ccccc1)N[C@@H](C)C(=O)[C@H]1N[C@@H](OC(=O)O)CC2CCCC[C@@H]21. The zero-order valence-corrected chi connectivity index (χ0v) is 19.5. The normalized spacial score (nSPS) is 26.5. The number of aryl methyl sites for hydroxylation is 1. The molecule has 1 aromatic rings. The van der Waals surface area contributed by atoms with Crippen LogP contribution in [0.4, 0.5) is 4.79 Å². The molecule has 1 saturated heterocycles. The average molecular weight is 461 g/mol. The van der Waals surface area contributed by atoms with Gasteiger partial charge in [0.05, 0.1) is 18.7 Å². The molecule has 0 bridgehead atoms. The summed E-state index contributed by atoms with van der Waals surface area (Å²) in [7, 11) is 0. The molecule has 1 aliphatic heterocycles. The fourth-order valence-electron chi connectivity index (χ4n) is 5.25. The second-order valence-corrected chi connectivity index (χ2v) is 9.08. The van der Waals surface area contributed by atoms with Gasteiger partial charge in [-0.25, -0.2) is 4.79 Å². The number of piperidine rings is 1. The smallest absolute Gasteiger partial charge is 0.465 e. The van der Waals surface area contributed by atoms with Crippen molar-refractivity contribution < 1.29 is 29.0 Å². The molecule has 8 heteroatoms. The molecule has 1 aromatic carbocycles. The van der Waals surface area contributed by atoms with Crippen molar-refractivity contribution in [1.29, 1.82) is 0 Å². The molecule has 0 radical (unpaired) electrons. The van der Waals surface area contributed by atoms with Crippen LogP contribution in [-0.2, 0) is 25.5 Å². The lowest BCUT2D eigenvalue weighted by molar-refractivity contribution is -0.146. The molecule has 0 amide bonds. The molecule has 1 saturated carbocycles. The molecular weight excluding hydrogens is 424 g/mol. The minimum absolute atomic E-state index is 0.0698. The summed E-state index contributed by atoms with van der Waals surface area (Å²) in [6, 6.07) is 8.16. The van der Waals surface area contributed by atoms with Crippen LogP contribution >= 0.6 is 0 Å². The van der Waals surface area contributed by atoms with Crippen molar-refractivity contribution in [2.75, 3.05) is 6.61 Å². The molecule has 1 heterocycles. The van der Waals surface area contributed by atoms with Gasteiger partial charge in [-0.2, -0.15) is 0 Å². The Bertz CT molecular complexity index is 801. The molecule has 3 N–H and O–H groups in total. The third-order valence-electron chi connectivity index (χ3n) is 6.84. The largest absolute Gasteiger partial charge is 0.507 e. The van der Waals surface area contributed by atoms with E-state index in [-0.39, 0.29) is 30.2 Å². The minimum Gasteiger partial charge on any atom is -0.465 e. The number of hydrogen-bond donors (Lipinski definition) is 3. The summed E-state index contributed by atoms with van der Waals surface area (Å²) in [5.41, 5.74) is 1.11. The first-order chi connectivity index (χ1) is 15.9. The number of Topliss-reactive ketones (excluding diaryl/α,β-unsaturated/α-hetero) is 1. The van der Waals surface area contributed by atoms with Crippen LogP contribution in [0.5, 0.6) is 0 Å². The number of nitrogens with one attached hydrogen (secondary N) is 2. The number of hydrogen-bond acceptors (Lipinski definition) is 7. The number of ketones is 1.